The third-order valence-electron chi connectivity index (χ3n) is 2.15. The highest BCUT2D eigenvalue weighted by Crippen LogP contribution is 2.30. The monoisotopic (exact) mass is 253 g/mol. The Morgan fingerprint density at radius 3 is 2.76 bits per heavy atom. The summed E-state index contributed by atoms with van der Waals surface area (Å²) in [6.07, 6.45) is -0.00856. The minimum Gasteiger partial charge on any atom is -0.495 e. The van der Waals surface area contributed by atoms with Gasteiger partial charge >= 0.3 is 5.97 Å². The van der Waals surface area contributed by atoms with Crippen molar-refractivity contribution in [1.82, 2.24) is 0 Å². The Kier molecular flexibility index (Phi) is 4.80. The zero-order valence-electron chi connectivity index (χ0n) is 9.62. The highest BCUT2D eigenvalue weighted by molar-refractivity contribution is 6.31. The molecule has 5 heteroatoms. The fraction of sp³-hybridized carbons (Fsp3) is 0.333. The molecule has 4 nitrogen and oxygen atoms in total. The molecule has 17 heavy (non-hydrogen) atoms. The summed E-state index contributed by atoms with van der Waals surface area (Å²) >= 11 is 5.98. The van der Waals surface area contributed by atoms with Crippen LogP contribution in [0.4, 0.5) is 0 Å². The predicted molar refractivity (Wildman–Crippen MR) is 63.1 cm³/mol. The van der Waals surface area contributed by atoms with E-state index in [2.05, 4.69) is 0 Å². The van der Waals surface area contributed by atoms with Gasteiger partial charge in [0.1, 0.15) is 11.8 Å². The highest BCUT2D eigenvalue weighted by Gasteiger charge is 2.16. The van der Waals surface area contributed by atoms with E-state index in [9.17, 15) is 4.79 Å². The molecule has 0 N–H and O–H groups in total. The Morgan fingerprint density at radius 2 is 2.24 bits per heavy atom. The number of carbonyl (C=O) groups is 1. The molecule has 0 aromatic heterocycles. The number of esters is 1. The van der Waals surface area contributed by atoms with Crippen LogP contribution in [0.1, 0.15) is 18.1 Å². The molecule has 0 bridgehead atoms. The zero-order valence-corrected chi connectivity index (χ0v) is 10.4. The van der Waals surface area contributed by atoms with Gasteiger partial charge in [0.05, 0.1) is 25.7 Å². The third-order valence-corrected chi connectivity index (χ3v) is 2.51. The number of hydrogen-bond donors (Lipinski definition) is 0. The molecule has 90 valence electrons. The number of carbonyl (C=O) groups excluding carboxylic acids is 1. The van der Waals surface area contributed by atoms with Crippen LogP contribution in [0.2, 0.25) is 5.02 Å². The summed E-state index contributed by atoms with van der Waals surface area (Å²) in [7, 11) is 1.43. The van der Waals surface area contributed by atoms with E-state index in [4.69, 9.17) is 26.3 Å². The highest BCUT2D eigenvalue weighted by atomic mass is 35.5. The normalized spacial score (nSPS) is 9.53. The molecule has 0 radical (unpaired) electrons. The first kappa shape index (κ1) is 13.3. The number of ether oxygens (including phenoxy) is 2. The predicted octanol–water partition coefficient (Wildman–Crippen LogP) is 2.33. The second kappa shape index (κ2) is 6.12. The van der Waals surface area contributed by atoms with Crippen molar-refractivity contribution >= 4 is 17.6 Å². The van der Waals surface area contributed by atoms with Gasteiger partial charge < -0.3 is 9.47 Å². The summed E-state index contributed by atoms with van der Waals surface area (Å²) in [4.78, 5) is 11.4. The molecule has 1 rings (SSSR count). The molecule has 0 atom stereocenters. The van der Waals surface area contributed by atoms with Gasteiger partial charge in [0, 0.05) is 10.6 Å². The second-order valence-electron chi connectivity index (χ2n) is 3.20. The number of methoxy groups -OCH3 is 1. The molecule has 0 saturated heterocycles. The SMILES string of the molecule is CCOC(=O)Cc1c(Cl)ccc(C#N)c1OC. The zero-order chi connectivity index (χ0) is 12.8. The van der Waals surface area contributed by atoms with Crippen LogP contribution >= 0.6 is 11.6 Å². The topological polar surface area (TPSA) is 59.3 Å². The van der Waals surface area contributed by atoms with E-state index in [1.165, 1.54) is 7.11 Å². The molecule has 0 aliphatic carbocycles. The Balaban J connectivity index is 3.13. The Morgan fingerprint density at radius 1 is 1.53 bits per heavy atom. The fourth-order valence-corrected chi connectivity index (χ4v) is 1.66. The van der Waals surface area contributed by atoms with Crippen LogP contribution in [-0.2, 0) is 16.0 Å². The van der Waals surface area contributed by atoms with Crippen molar-refractivity contribution < 1.29 is 14.3 Å². The van der Waals surface area contributed by atoms with E-state index in [1.807, 2.05) is 6.07 Å². The summed E-state index contributed by atoms with van der Waals surface area (Å²) in [6, 6.07) is 5.10. The minimum absolute atomic E-state index is 0.00856. The summed E-state index contributed by atoms with van der Waals surface area (Å²) in [6.45, 7) is 2.03. The van der Waals surface area contributed by atoms with Crippen LogP contribution < -0.4 is 4.74 Å². The third kappa shape index (κ3) is 3.11. The first-order valence-electron chi connectivity index (χ1n) is 5.05. The van der Waals surface area contributed by atoms with Crippen molar-refractivity contribution in [2.75, 3.05) is 13.7 Å². The molecule has 0 amide bonds. The molecule has 0 aliphatic rings. The number of halogens is 1. The van der Waals surface area contributed by atoms with Gasteiger partial charge in [-0.2, -0.15) is 5.26 Å². The van der Waals surface area contributed by atoms with E-state index in [0.29, 0.717) is 28.5 Å². The van der Waals surface area contributed by atoms with Crippen LogP contribution in [-0.4, -0.2) is 19.7 Å². The summed E-state index contributed by atoms with van der Waals surface area (Å²) in [5.74, 6) is -0.0733. The van der Waals surface area contributed by atoms with Crippen LogP contribution in [0, 0.1) is 11.3 Å². The standard InChI is InChI=1S/C12H12ClNO3/c1-3-17-11(15)6-9-10(13)5-4-8(7-14)12(9)16-2/h4-5H,3,6H2,1-2H3. The van der Waals surface area contributed by atoms with E-state index < -0.39 is 5.97 Å². The van der Waals surface area contributed by atoms with Crippen LogP contribution in [0.25, 0.3) is 0 Å². The van der Waals surface area contributed by atoms with E-state index >= 15 is 0 Å². The molecule has 1 aromatic rings. The maximum Gasteiger partial charge on any atom is 0.310 e. The van der Waals surface area contributed by atoms with E-state index in [-0.39, 0.29) is 6.42 Å². The van der Waals surface area contributed by atoms with Crippen molar-refractivity contribution in [3.05, 3.63) is 28.3 Å². The first-order chi connectivity index (χ1) is 8.13. The lowest BCUT2D eigenvalue weighted by Gasteiger charge is -2.11. The van der Waals surface area contributed by atoms with Gasteiger partial charge in [0.15, 0.2) is 0 Å². The largest absolute Gasteiger partial charge is 0.495 e. The quantitative estimate of drug-likeness (QED) is 0.773. The van der Waals surface area contributed by atoms with Gasteiger partial charge in [-0.25, -0.2) is 0 Å². The van der Waals surface area contributed by atoms with Gasteiger partial charge in [-0.05, 0) is 19.1 Å². The Labute approximate surface area is 105 Å². The average molecular weight is 254 g/mol. The summed E-state index contributed by atoms with van der Waals surface area (Å²) in [5, 5.41) is 9.30. The van der Waals surface area contributed by atoms with Gasteiger partial charge in [-0.15, -0.1) is 0 Å². The van der Waals surface area contributed by atoms with Gasteiger partial charge in [-0.3, -0.25) is 4.79 Å². The fourth-order valence-electron chi connectivity index (χ4n) is 1.45. The number of hydrogen-bond acceptors (Lipinski definition) is 4. The Bertz CT molecular complexity index is 466. The molecule has 0 fully saturated rings. The molecule has 0 unspecified atom stereocenters. The molecule has 0 saturated carbocycles. The first-order valence-corrected chi connectivity index (χ1v) is 5.42. The lowest BCUT2D eigenvalue weighted by molar-refractivity contribution is -0.142. The second-order valence-corrected chi connectivity index (χ2v) is 3.61. The number of nitrogens with zero attached hydrogens (tertiary/aromatic N) is 1. The number of benzene rings is 1. The van der Waals surface area contributed by atoms with E-state index in [1.54, 1.807) is 19.1 Å². The van der Waals surface area contributed by atoms with Crippen molar-refractivity contribution in [2.45, 2.75) is 13.3 Å². The molecular weight excluding hydrogens is 242 g/mol. The molecule has 0 heterocycles. The molecule has 0 aliphatic heterocycles. The van der Waals surface area contributed by atoms with Crippen molar-refractivity contribution in [3.8, 4) is 11.8 Å². The van der Waals surface area contributed by atoms with Crippen LogP contribution in [0.5, 0.6) is 5.75 Å². The molecule has 0 spiro atoms. The summed E-state index contributed by atoms with van der Waals surface area (Å²) < 4.78 is 9.95. The van der Waals surface area contributed by atoms with Crippen LogP contribution in [0.15, 0.2) is 12.1 Å². The molecular formula is C12H12ClNO3. The maximum atomic E-state index is 11.4. The van der Waals surface area contributed by atoms with E-state index in [0.717, 1.165) is 0 Å². The summed E-state index contributed by atoms with van der Waals surface area (Å²) in [5.41, 5.74) is 0.822. The number of rotatable bonds is 4. The minimum atomic E-state index is -0.400. The lowest BCUT2D eigenvalue weighted by Crippen LogP contribution is -2.09. The maximum absolute atomic E-state index is 11.4. The van der Waals surface area contributed by atoms with Crippen LogP contribution in [0.3, 0.4) is 0 Å². The van der Waals surface area contributed by atoms with Crippen molar-refractivity contribution in [3.63, 3.8) is 0 Å². The lowest BCUT2D eigenvalue weighted by atomic mass is 10.1. The number of nitriles is 1. The van der Waals surface area contributed by atoms with Gasteiger partial charge in [-0.1, -0.05) is 11.6 Å². The average Bonchev–Trinajstić information content (AvgIpc) is 2.31. The van der Waals surface area contributed by atoms with Gasteiger partial charge in [0.2, 0.25) is 0 Å². The van der Waals surface area contributed by atoms with Gasteiger partial charge in [0.25, 0.3) is 0 Å². The Hall–Kier alpha value is -1.73. The van der Waals surface area contributed by atoms with Crippen molar-refractivity contribution in [1.29, 1.82) is 5.26 Å². The molecule has 1 aromatic carbocycles. The van der Waals surface area contributed by atoms with Crippen molar-refractivity contribution in [2.24, 2.45) is 0 Å². The smallest absolute Gasteiger partial charge is 0.310 e.